The van der Waals surface area contributed by atoms with Crippen molar-refractivity contribution in [2.75, 3.05) is 0 Å². The van der Waals surface area contributed by atoms with Gasteiger partial charge in [0.1, 0.15) is 6.07 Å². The molecule has 1 aromatic rings. The SMILES string of the molecule is CCC(C)Cn1ccc(C#N)c1. The van der Waals surface area contributed by atoms with Crippen LogP contribution in [-0.2, 0) is 6.54 Å². The molecule has 1 rings (SSSR count). The van der Waals surface area contributed by atoms with Crippen molar-refractivity contribution in [1.82, 2.24) is 4.57 Å². The van der Waals surface area contributed by atoms with E-state index in [0.717, 1.165) is 12.1 Å². The second kappa shape index (κ2) is 3.96. The molecular formula is C10H14N2. The number of rotatable bonds is 3. The highest BCUT2D eigenvalue weighted by Crippen LogP contribution is 2.06. The minimum atomic E-state index is 0.684. The van der Waals surface area contributed by atoms with Gasteiger partial charge < -0.3 is 4.57 Å². The van der Waals surface area contributed by atoms with E-state index in [-0.39, 0.29) is 0 Å². The summed E-state index contributed by atoms with van der Waals surface area (Å²) in [5, 5.41) is 8.58. The maximum atomic E-state index is 8.58. The summed E-state index contributed by atoms with van der Waals surface area (Å²) in [4.78, 5) is 0. The molecule has 0 N–H and O–H groups in total. The molecule has 12 heavy (non-hydrogen) atoms. The molecule has 0 amide bonds. The van der Waals surface area contributed by atoms with Gasteiger partial charge in [-0.05, 0) is 12.0 Å². The quantitative estimate of drug-likeness (QED) is 0.671. The zero-order valence-corrected chi connectivity index (χ0v) is 7.62. The molecule has 0 aliphatic heterocycles. The van der Waals surface area contributed by atoms with E-state index in [1.807, 2.05) is 18.5 Å². The van der Waals surface area contributed by atoms with E-state index >= 15 is 0 Å². The number of hydrogen-bond donors (Lipinski definition) is 0. The van der Waals surface area contributed by atoms with Crippen LogP contribution in [0.2, 0.25) is 0 Å². The average molecular weight is 162 g/mol. The van der Waals surface area contributed by atoms with Crippen LogP contribution in [0.3, 0.4) is 0 Å². The third-order valence-corrected chi connectivity index (χ3v) is 2.10. The van der Waals surface area contributed by atoms with E-state index in [9.17, 15) is 0 Å². The third-order valence-electron chi connectivity index (χ3n) is 2.10. The summed E-state index contributed by atoms with van der Waals surface area (Å²) >= 11 is 0. The fourth-order valence-electron chi connectivity index (χ4n) is 1.11. The molecule has 0 fully saturated rings. The van der Waals surface area contributed by atoms with Gasteiger partial charge in [0.15, 0.2) is 0 Å². The lowest BCUT2D eigenvalue weighted by molar-refractivity contribution is 0.470. The second-order valence-corrected chi connectivity index (χ2v) is 3.22. The zero-order valence-electron chi connectivity index (χ0n) is 7.62. The van der Waals surface area contributed by atoms with Crippen molar-refractivity contribution >= 4 is 0 Å². The van der Waals surface area contributed by atoms with Crippen molar-refractivity contribution in [3.63, 3.8) is 0 Å². The standard InChI is InChI=1S/C10H14N2/c1-3-9(2)7-12-5-4-10(6-11)8-12/h4-5,8-9H,3,7H2,1-2H3. The van der Waals surface area contributed by atoms with E-state index in [4.69, 9.17) is 5.26 Å². The van der Waals surface area contributed by atoms with Gasteiger partial charge in [-0.2, -0.15) is 5.26 Å². The van der Waals surface area contributed by atoms with Crippen LogP contribution in [-0.4, -0.2) is 4.57 Å². The maximum absolute atomic E-state index is 8.58. The molecule has 0 aliphatic carbocycles. The molecule has 0 aliphatic rings. The molecule has 0 radical (unpaired) electrons. The van der Waals surface area contributed by atoms with Gasteiger partial charge in [0.2, 0.25) is 0 Å². The van der Waals surface area contributed by atoms with Gasteiger partial charge in [-0.15, -0.1) is 0 Å². The Morgan fingerprint density at radius 1 is 1.67 bits per heavy atom. The van der Waals surface area contributed by atoms with E-state index in [2.05, 4.69) is 24.5 Å². The highest BCUT2D eigenvalue weighted by atomic mass is 14.9. The summed E-state index contributed by atoms with van der Waals surface area (Å²) in [7, 11) is 0. The first kappa shape index (κ1) is 8.86. The highest BCUT2D eigenvalue weighted by Gasteiger charge is 2.00. The molecule has 0 spiro atoms. The summed E-state index contributed by atoms with van der Waals surface area (Å²) in [6, 6.07) is 3.97. The molecule has 2 nitrogen and oxygen atoms in total. The Morgan fingerprint density at radius 2 is 2.42 bits per heavy atom. The molecule has 1 heterocycles. The molecule has 0 saturated carbocycles. The lowest BCUT2D eigenvalue weighted by Gasteiger charge is -2.08. The lowest BCUT2D eigenvalue weighted by atomic mass is 10.1. The zero-order chi connectivity index (χ0) is 8.97. The molecule has 2 heteroatoms. The van der Waals surface area contributed by atoms with Crippen molar-refractivity contribution in [3.8, 4) is 6.07 Å². The van der Waals surface area contributed by atoms with Crippen LogP contribution in [0.15, 0.2) is 18.5 Å². The fourth-order valence-corrected chi connectivity index (χ4v) is 1.11. The Bertz CT molecular complexity index is 280. The van der Waals surface area contributed by atoms with E-state index in [0.29, 0.717) is 5.92 Å². The molecule has 0 saturated heterocycles. The van der Waals surface area contributed by atoms with Gasteiger partial charge in [0, 0.05) is 18.9 Å². The van der Waals surface area contributed by atoms with Crippen LogP contribution in [0.25, 0.3) is 0 Å². The minimum Gasteiger partial charge on any atom is -0.353 e. The normalized spacial score (nSPS) is 12.4. The van der Waals surface area contributed by atoms with Crippen molar-refractivity contribution in [3.05, 3.63) is 24.0 Å². The molecular weight excluding hydrogens is 148 g/mol. The predicted molar refractivity (Wildman–Crippen MR) is 48.6 cm³/mol. The van der Waals surface area contributed by atoms with Crippen LogP contribution in [0.1, 0.15) is 25.8 Å². The Kier molecular flexibility index (Phi) is 2.93. The van der Waals surface area contributed by atoms with E-state index < -0.39 is 0 Å². The van der Waals surface area contributed by atoms with Crippen molar-refractivity contribution in [2.24, 2.45) is 5.92 Å². The Balaban J connectivity index is 2.59. The lowest BCUT2D eigenvalue weighted by Crippen LogP contribution is -2.03. The summed E-state index contributed by atoms with van der Waals surface area (Å²) in [6.45, 7) is 5.41. The van der Waals surface area contributed by atoms with Gasteiger partial charge in [-0.3, -0.25) is 0 Å². The molecule has 0 aromatic carbocycles. The van der Waals surface area contributed by atoms with Crippen LogP contribution in [0.4, 0.5) is 0 Å². The van der Waals surface area contributed by atoms with Gasteiger partial charge in [-0.1, -0.05) is 20.3 Å². The minimum absolute atomic E-state index is 0.684. The number of hydrogen-bond acceptors (Lipinski definition) is 1. The van der Waals surface area contributed by atoms with Crippen molar-refractivity contribution in [1.29, 1.82) is 5.26 Å². The maximum Gasteiger partial charge on any atom is 0.101 e. The van der Waals surface area contributed by atoms with Crippen LogP contribution in [0.5, 0.6) is 0 Å². The summed E-state index contributed by atoms with van der Waals surface area (Å²) in [5.41, 5.74) is 0.748. The van der Waals surface area contributed by atoms with Gasteiger partial charge in [-0.25, -0.2) is 0 Å². The first-order chi connectivity index (χ1) is 5.76. The third kappa shape index (κ3) is 2.13. The van der Waals surface area contributed by atoms with Gasteiger partial charge in [0.05, 0.1) is 5.56 Å². The number of nitrogens with zero attached hydrogens (tertiary/aromatic N) is 2. The van der Waals surface area contributed by atoms with Gasteiger partial charge >= 0.3 is 0 Å². The summed E-state index contributed by atoms with van der Waals surface area (Å²) in [5.74, 6) is 0.684. The molecule has 64 valence electrons. The molecule has 1 aromatic heterocycles. The fraction of sp³-hybridized carbons (Fsp3) is 0.500. The van der Waals surface area contributed by atoms with E-state index in [1.54, 1.807) is 0 Å². The van der Waals surface area contributed by atoms with Crippen LogP contribution >= 0.6 is 0 Å². The predicted octanol–water partition coefficient (Wildman–Crippen LogP) is 2.41. The largest absolute Gasteiger partial charge is 0.353 e. The monoisotopic (exact) mass is 162 g/mol. The Labute approximate surface area is 73.4 Å². The summed E-state index contributed by atoms with van der Waals surface area (Å²) < 4.78 is 2.08. The summed E-state index contributed by atoms with van der Waals surface area (Å²) in [6.07, 6.45) is 5.04. The molecule has 0 bridgehead atoms. The van der Waals surface area contributed by atoms with Crippen LogP contribution in [0, 0.1) is 17.2 Å². The van der Waals surface area contributed by atoms with E-state index in [1.165, 1.54) is 6.42 Å². The second-order valence-electron chi connectivity index (χ2n) is 3.22. The average Bonchev–Trinajstić information content (AvgIpc) is 2.52. The Hall–Kier alpha value is -1.23. The molecule has 1 atom stereocenters. The number of aromatic nitrogens is 1. The van der Waals surface area contributed by atoms with Crippen LogP contribution < -0.4 is 0 Å². The first-order valence-corrected chi connectivity index (χ1v) is 4.32. The van der Waals surface area contributed by atoms with Crippen molar-refractivity contribution < 1.29 is 0 Å². The first-order valence-electron chi connectivity index (χ1n) is 4.32. The van der Waals surface area contributed by atoms with Gasteiger partial charge in [0.25, 0.3) is 0 Å². The topological polar surface area (TPSA) is 28.7 Å². The smallest absolute Gasteiger partial charge is 0.101 e. The Morgan fingerprint density at radius 3 is 2.92 bits per heavy atom. The number of nitriles is 1. The van der Waals surface area contributed by atoms with Crippen molar-refractivity contribution in [2.45, 2.75) is 26.8 Å². The molecule has 1 unspecified atom stereocenters. The highest BCUT2D eigenvalue weighted by molar-refractivity contribution is 5.25.